The van der Waals surface area contributed by atoms with Gasteiger partial charge in [-0.1, -0.05) is 29.8 Å². The van der Waals surface area contributed by atoms with Gasteiger partial charge >= 0.3 is 0 Å². The minimum Gasteiger partial charge on any atom is -0.492 e. The average molecular weight is 407 g/mol. The van der Waals surface area contributed by atoms with Gasteiger partial charge in [0.15, 0.2) is 0 Å². The van der Waals surface area contributed by atoms with E-state index in [1.807, 2.05) is 56.3 Å². The summed E-state index contributed by atoms with van der Waals surface area (Å²) in [5.74, 6) is 0.300. The van der Waals surface area contributed by atoms with Crippen molar-refractivity contribution in [1.29, 1.82) is 0 Å². The van der Waals surface area contributed by atoms with Crippen molar-refractivity contribution >= 4 is 34.2 Å². The number of anilines is 1. The van der Waals surface area contributed by atoms with Crippen molar-refractivity contribution in [2.75, 3.05) is 11.9 Å². The van der Waals surface area contributed by atoms with Crippen molar-refractivity contribution in [3.63, 3.8) is 0 Å². The molecule has 4 rings (SSSR count). The first-order valence-corrected chi connectivity index (χ1v) is 9.60. The molecule has 0 aliphatic carbocycles. The number of hydrogen-bond donors (Lipinski definition) is 1. The fourth-order valence-corrected chi connectivity index (χ4v) is 3.22. The third-order valence-electron chi connectivity index (χ3n) is 4.46. The van der Waals surface area contributed by atoms with Crippen LogP contribution in [0.25, 0.3) is 16.7 Å². The molecule has 146 valence electrons. The second-order valence-corrected chi connectivity index (χ2v) is 6.92. The number of rotatable bonds is 5. The molecule has 1 heterocycles. The summed E-state index contributed by atoms with van der Waals surface area (Å²) in [6.07, 6.45) is 0. The lowest BCUT2D eigenvalue weighted by Gasteiger charge is -2.10. The molecule has 1 aromatic heterocycles. The molecule has 0 fully saturated rings. The highest BCUT2D eigenvalue weighted by Crippen LogP contribution is 2.27. The van der Waals surface area contributed by atoms with Gasteiger partial charge in [0.25, 0.3) is 5.91 Å². The molecular weight excluding hydrogens is 388 g/mol. The molecule has 0 aliphatic heterocycles. The Bertz CT molecular complexity index is 1190. The molecule has 0 radical (unpaired) electrons. The molecule has 0 spiro atoms. The third-order valence-corrected chi connectivity index (χ3v) is 4.75. The number of amides is 1. The Hall–Kier alpha value is -3.38. The molecule has 6 nitrogen and oxygen atoms in total. The summed E-state index contributed by atoms with van der Waals surface area (Å²) in [5.41, 5.74) is 4.34. The molecule has 0 bridgehead atoms. The first-order valence-electron chi connectivity index (χ1n) is 9.22. The summed E-state index contributed by atoms with van der Waals surface area (Å²) in [4.78, 5) is 14.3. The number of nitrogens with zero attached hydrogens (tertiary/aromatic N) is 3. The number of hydrogen-bond acceptors (Lipinski definition) is 4. The number of benzene rings is 3. The minimum absolute atomic E-state index is 0.257. The Morgan fingerprint density at radius 2 is 1.79 bits per heavy atom. The van der Waals surface area contributed by atoms with E-state index in [4.69, 9.17) is 16.3 Å². The highest BCUT2D eigenvalue weighted by atomic mass is 35.5. The standard InChI is InChI=1S/C22H19ClN4O2/c1-3-29-21-10-9-15(12-17(21)23)22(28)24-18-13-20-19(11-14(18)2)25-27(26-20)16-7-5-4-6-8-16/h4-13H,3H2,1-2H3,(H,24,28). The Balaban J connectivity index is 1.61. The fraction of sp³-hybridized carbons (Fsp3) is 0.136. The number of aromatic nitrogens is 3. The number of carbonyl (C=O) groups excluding carboxylic acids is 1. The molecule has 0 unspecified atom stereocenters. The van der Waals surface area contributed by atoms with Crippen molar-refractivity contribution < 1.29 is 9.53 Å². The molecule has 0 saturated carbocycles. The van der Waals surface area contributed by atoms with E-state index >= 15 is 0 Å². The Labute approximate surface area is 173 Å². The van der Waals surface area contributed by atoms with Crippen LogP contribution in [0.4, 0.5) is 5.69 Å². The summed E-state index contributed by atoms with van der Waals surface area (Å²) in [7, 11) is 0. The summed E-state index contributed by atoms with van der Waals surface area (Å²) in [6.45, 7) is 4.31. The zero-order chi connectivity index (χ0) is 20.4. The van der Waals surface area contributed by atoms with Crippen LogP contribution in [0.2, 0.25) is 5.02 Å². The van der Waals surface area contributed by atoms with Crippen LogP contribution in [-0.2, 0) is 0 Å². The molecule has 0 saturated heterocycles. The van der Waals surface area contributed by atoms with E-state index in [0.29, 0.717) is 34.1 Å². The van der Waals surface area contributed by atoms with Crippen LogP contribution in [0, 0.1) is 6.92 Å². The fourth-order valence-electron chi connectivity index (χ4n) is 2.99. The lowest BCUT2D eigenvalue weighted by Crippen LogP contribution is -2.13. The summed E-state index contributed by atoms with van der Waals surface area (Å²) in [5, 5.41) is 12.4. The second kappa shape index (κ2) is 7.93. The SMILES string of the molecule is CCOc1ccc(C(=O)Nc2cc3nn(-c4ccccc4)nc3cc2C)cc1Cl. The highest BCUT2D eigenvalue weighted by Gasteiger charge is 2.13. The van der Waals surface area contributed by atoms with Crippen molar-refractivity contribution in [2.24, 2.45) is 0 Å². The summed E-state index contributed by atoms with van der Waals surface area (Å²) >= 11 is 6.20. The number of carbonyl (C=O) groups is 1. The number of para-hydroxylation sites is 1. The predicted octanol–water partition coefficient (Wildman–Crippen LogP) is 5.03. The quantitative estimate of drug-likeness (QED) is 0.504. The predicted molar refractivity (Wildman–Crippen MR) is 114 cm³/mol. The lowest BCUT2D eigenvalue weighted by molar-refractivity contribution is 0.102. The Morgan fingerprint density at radius 1 is 1.07 bits per heavy atom. The first-order chi connectivity index (χ1) is 14.0. The summed E-state index contributed by atoms with van der Waals surface area (Å²) < 4.78 is 5.41. The van der Waals surface area contributed by atoms with Crippen LogP contribution in [0.15, 0.2) is 60.7 Å². The number of aryl methyl sites for hydroxylation is 1. The molecule has 3 aromatic carbocycles. The molecule has 1 amide bonds. The topological polar surface area (TPSA) is 69.0 Å². The second-order valence-electron chi connectivity index (χ2n) is 6.51. The van der Waals surface area contributed by atoms with Crippen LogP contribution in [-0.4, -0.2) is 27.5 Å². The molecule has 0 atom stereocenters. The van der Waals surface area contributed by atoms with Gasteiger partial charge in [0, 0.05) is 11.3 Å². The number of fused-ring (bicyclic) bond motifs is 1. The number of halogens is 1. The molecule has 7 heteroatoms. The molecular formula is C22H19ClN4O2. The molecule has 1 N–H and O–H groups in total. The maximum Gasteiger partial charge on any atom is 0.255 e. The smallest absolute Gasteiger partial charge is 0.255 e. The van der Waals surface area contributed by atoms with Crippen molar-refractivity contribution in [3.8, 4) is 11.4 Å². The first kappa shape index (κ1) is 19.0. The summed E-state index contributed by atoms with van der Waals surface area (Å²) in [6, 6.07) is 18.4. The van der Waals surface area contributed by atoms with E-state index < -0.39 is 0 Å². The lowest BCUT2D eigenvalue weighted by atomic mass is 10.1. The van der Waals surface area contributed by atoms with Crippen LogP contribution in [0.3, 0.4) is 0 Å². The highest BCUT2D eigenvalue weighted by molar-refractivity contribution is 6.32. The zero-order valence-electron chi connectivity index (χ0n) is 16.0. The molecule has 29 heavy (non-hydrogen) atoms. The van der Waals surface area contributed by atoms with Gasteiger partial charge in [-0.05, 0) is 61.9 Å². The van der Waals surface area contributed by atoms with Crippen molar-refractivity contribution in [3.05, 3.63) is 76.8 Å². The largest absolute Gasteiger partial charge is 0.492 e. The van der Waals surface area contributed by atoms with Gasteiger partial charge in [-0.25, -0.2) is 0 Å². The van der Waals surface area contributed by atoms with Crippen LogP contribution >= 0.6 is 11.6 Å². The maximum absolute atomic E-state index is 12.7. The van der Waals surface area contributed by atoms with Gasteiger partial charge in [-0.3, -0.25) is 4.79 Å². The molecule has 0 aliphatic rings. The van der Waals surface area contributed by atoms with Crippen molar-refractivity contribution in [2.45, 2.75) is 13.8 Å². The van der Waals surface area contributed by atoms with Gasteiger partial charge < -0.3 is 10.1 Å². The zero-order valence-corrected chi connectivity index (χ0v) is 16.8. The van der Waals surface area contributed by atoms with E-state index in [1.54, 1.807) is 23.0 Å². The monoisotopic (exact) mass is 406 g/mol. The van der Waals surface area contributed by atoms with E-state index in [0.717, 1.165) is 16.8 Å². The average Bonchev–Trinajstić information content (AvgIpc) is 3.13. The van der Waals surface area contributed by atoms with Crippen molar-refractivity contribution in [1.82, 2.24) is 15.0 Å². The third kappa shape index (κ3) is 3.93. The van der Waals surface area contributed by atoms with Gasteiger partial charge in [0.05, 0.1) is 17.3 Å². The van der Waals surface area contributed by atoms with Gasteiger partial charge in [-0.2, -0.15) is 4.80 Å². The van der Waals surface area contributed by atoms with Crippen LogP contribution < -0.4 is 10.1 Å². The minimum atomic E-state index is -0.257. The van der Waals surface area contributed by atoms with E-state index in [2.05, 4.69) is 15.5 Å². The maximum atomic E-state index is 12.7. The van der Waals surface area contributed by atoms with E-state index in [1.165, 1.54) is 0 Å². The van der Waals surface area contributed by atoms with Gasteiger partial charge in [0.1, 0.15) is 16.8 Å². The van der Waals surface area contributed by atoms with Crippen LogP contribution in [0.1, 0.15) is 22.8 Å². The number of ether oxygens (including phenoxy) is 1. The van der Waals surface area contributed by atoms with E-state index in [9.17, 15) is 4.79 Å². The normalized spacial score (nSPS) is 10.9. The van der Waals surface area contributed by atoms with Crippen LogP contribution in [0.5, 0.6) is 5.75 Å². The number of nitrogens with one attached hydrogen (secondary N) is 1. The Morgan fingerprint density at radius 3 is 2.48 bits per heavy atom. The van der Waals surface area contributed by atoms with Gasteiger partial charge in [0.2, 0.25) is 0 Å². The van der Waals surface area contributed by atoms with E-state index in [-0.39, 0.29) is 5.91 Å². The molecule has 4 aromatic rings. The van der Waals surface area contributed by atoms with Gasteiger partial charge in [-0.15, -0.1) is 10.2 Å². The Kier molecular flexibility index (Phi) is 5.18.